The van der Waals surface area contributed by atoms with Crippen LogP contribution in [0.3, 0.4) is 0 Å². The summed E-state index contributed by atoms with van der Waals surface area (Å²) in [6.07, 6.45) is 14.3. The predicted octanol–water partition coefficient (Wildman–Crippen LogP) is 6.93. The molecule has 4 atom stereocenters. The van der Waals surface area contributed by atoms with Crippen molar-refractivity contribution in [3.63, 3.8) is 0 Å². The molecule has 3 rings (SSSR count). The van der Waals surface area contributed by atoms with Crippen molar-refractivity contribution in [2.24, 2.45) is 23.2 Å². The minimum Gasteiger partial charge on any atom is -0.417 e. The summed E-state index contributed by atoms with van der Waals surface area (Å²) in [4.78, 5) is 0. The van der Waals surface area contributed by atoms with Crippen LogP contribution >= 0.6 is 0 Å². The van der Waals surface area contributed by atoms with Crippen molar-refractivity contribution in [2.45, 2.75) is 122 Å². The molecule has 0 unspecified atom stereocenters. The Morgan fingerprint density at radius 3 is 2.26 bits per heavy atom. The van der Waals surface area contributed by atoms with E-state index in [1.54, 1.807) is 0 Å². The lowest BCUT2D eigenvalue weighted by Crippen LogP contribution is -2.51. The summed E-state index contributed by atoms with van der Waals surface area (Å²) in [5.41, 5.74) is -0.371. The molecule has 158 valence electrons. The third-order valence-electron chi connectivity index (χ3n) is 9.41. The Labute approximate surface area is 170 Å². The lowest BCUT2D eigenvalue weighted by molar-refractivity contribution is -0.121. The lowest BCUT2D eigenvalue weighted by Gasteiger charge is -2.50. The number of rotatable bonds is 5. The van der Waals surface area contributed by atoms with E-state index in [0.717, 1.165) is 37.7 Å². The Balaban J connectivity index is 1.60. The third kappa shape index (κ3) is 4.35. The largest absolute Gasteiger partial charge is 0.417 e. The maximum atomic E-state index is 11.7. The van der Waals surface area contributed by atoms with Gasteiger partial charge in [-0.2, -0.15) is 0 Å². The molecule has 0 aromatic carbocycles. The van der Waals surface area contributed by atoms with E-state index in [0.29, 0.717) is 5.92 Å². The Hall–Kier alpha value is 0.137. The van der Waals surface area contributed by atoms with Crippen molar-refractivity contribution in [1.29, 1.82) is 0 Å². The molecular weight excluding hydrogens is 348 g/mol. The number of hydrogen-bond donors (Lipinski definition) is 1. The van der Waals surface area contributed by atoms with Gasteiger partial charge in [0.05, 0.1) is 5.60 Å². The van der Waals surface area contributed by atoms with Crippen LogP contribution in [-0.2, 0) is 4.43 Å². The van der Waals surface area contributed by atoms with E-state index in [-0.39, 0.29) is 10.5 Å². The Bertz CT molecular complexity index is 505. The molecule has 1 N–H and O–H groups in total. The zero-order valence-electron chi connectivity index (χ0n) is 19.1. The lowest BCUT2D eigenvalue weighted by atomic mass is 9.59. The Morgan fingerprint density at radius 1 is 0.963 bits per heavy atom. The SMILES string of the molecule is CC(C)(C)[Si](C)(C)OC[C@H]1CC[C@]2(O)C[C@H](CC3CCCCC3)CC[C@]12C. The van der Waals surface area contributed by atoms with Crippen LogP contribution in [0.2, 0.25) is 18.1 Å². The molecule has 0 aromatic rings. The highest BCUT2D eigenvalue weighted by Gasteiger charge is 2.59. The molecule has 0 spiro atoms. The summed E-state index contributed by atoms with van der Waals surface area (Å²) in [6, 6.07) is 0. The summed E-state index contributed by atoms with van der Waals surface area (Å²) < 4.78 is 6.61. The fourth-order valence-corrected chi connectivity index (χ4v) is 7.19. The van der Waals surface area contributed by atoms with Crippen molar-refractivity contribution >= 4 is 8.32 Å². The van der Waals surface area contributed by atoms with Crippen molar-refractivity contribution in [2.75, 3.05) is 6.61 Å². The van der Waals surface area contributed by atoms with E-state index in [4.69, 9.17) is 4.43 Å². The highest BCUT2D eigenvalue weighted by Crippen LogP contribution is 2.60. The maximum absolute atomic E-state index is 11.7. The second kappa shape index (κ2) is 7.76. The van der Waals surface area contributed by atoms with Gasteiger partial charge < -0.3 is 9.53 Å². The van der Waals surface area contributed by atoms with E-state index >= 15 is 0 Å². The van der Waals surface area contributed by atoms with E-state index in [1.165, 1.54) is 51.4 Å². The zero-order valence-corrected chi connectivity index (χ0v) is 20.1. The zero-order chi connectivity index (χ0) is 19.9. The van der Waals surface area contributed by atoms with E-state index in [9.17, 15) is 5.11 Å². The van der Waals surface area contributed by atoms with Crippen LogP contribution in [0.4, 0.5) is 0 Å². The summed E-state index contributed by atoms with van der Waals surface area (Å²) in [5, 5.41) is 12.0. The van der Waals surface area contributed by atoms with Gasteiger partial charge in [-0.05, 0) is 74.4 Å². The van der Waals surface area contributed by atoms with E-state index in [1.807, 2.05) is 0 Å². The third-order valence-corrected chi connectivity index (χ3v) is 13.9. The number of hydrogen-bond acceptors (Lipinski definition) is 2. The van der Waals surface area contributed by atoms with Crippen molar-refractivity contribution < 1.29 is 9.53 Å². The molecule has 3 aliphatic rings. The van der Waals surface area contributed by atoms with Gasteiger partial charge in [0.15, 0.2) is 8.32 Å². The van der Waals surface area contributed by atoms with Crippen LogP contribution in [0.25, 0.3) is 0 Å². The summed E-state index contributed by atoms with van der Waals surface area (Å²) in [7, 11) is -1.71. The maximum Gasteiger partial charge on any atom is 0.191 e. The number of fused-ring (bicyclic) bond motifs is 1. The van der Waals surface area contributed by atoms with Gasteiger partial charge in [-0.15, -0.1) is 0 Å². The summed E-state index contributed by atoms with van der Waals surface area (Å²) in [5.74, 6) is 2.23. The molecule has 0 saturated heterocycles. The standard InChI is InChI=1S/C24H46O2Si/c1-22(2,3)27(5,6)26-18-21-13-15-24(25)17-20(12-14-23(21,24)4)16-19-10-8-7-9-11-19/h19-21,25H,7-18H2,1-6H3/t20-,21+,23+,24-/m0/s1. The normalized spacial score (nSPS) is 38.8. The second-order valence-electron chi connectivity index (χ2n) is 12.1. The molecule has 3 aliphatic carbocycles. The van der Waals surface area contributed by atoms with Crippen LogP contribution in [0, 0.1) is 23.2 Å². The topological polar surface area (TPSA) is 29.5 Å². The fraction of sp³-hybridized carbons (Fsp3) is 1.00. The molecule has 0 aromatic heterocycles. The predicted molar refractivity (Wildman–Crippen MR) is 117 cm³/mol. The first-order valence-corrected chi connectivity index (χ1v) is 14.7. The van der Waals surface area contributed by atoms with Crippen molar-refractivity contribution in [1.82, 2.24) is 0 Å². The van der Waals surface area contributed by atoms with E-state index in [2.05, 4.69) is 40.8 Å². The molecule has 3 saturated carbocycles. The molecule has 3 fully saturated rings. The van der Waals surface area contributed by atoms with Crippen LogP contribution < -0.4 is 0 Å². The minimum absolute atomic E-state index is 0.0679. The molecule has 3 heteroatoms. The highest BCUT2D eigenvalue weighted by atomic mass is 28.4. The smallest absolute Gasteiger partial charge is 0.191 e. The molecule has 27 heavy (non-hydrogen) atoms. The molecule has 0 heterocycles. The Morgan fingerprint density at radius 2 is 1.63 bits per heavy atom. The molecular formula is C24H46O2Si. The first kappa shape index (κ1) is 21.8. The first-order valence-electron chi connectivity index (χ1n) is 11.8. The first-order chi connectivity index (χ1) is 12.5. The molecule has 0 bridgehead atoms. The van der Waals surface area contributed by atoms with Gasteiger partial charge in [-0.1, -0.05) is 59.8 Å². The van der Waals surface area contributed by atoms with Crippen LogP contribution in [0.1, 0.15) is 98.3 Å². The Kier molecular flexibility index (Phi) is 6.27. The van der Waals surface area contributed by atoms with Gasteiger partial charge in [0.1, 0.15) is 0 Å². The van der Waals surface area contributed by atoms with Gasteiger partial charge in [-0.3, -0.25) is 0 Å². The second-order valence-corrected chi connectivity index (χ2v) is 16.9. The molecule has 0 amide bonds. The molecule has 2 nitrogen and oxygen atoms in total. The monoisotopic (exact) mass is 394 g/mol. The van der Waals surface area contributed by atoms with Gasteiger partial charge in [0, 0.05) is 12.0 Å². The molecule has 0 radical (unpaired) electrons. The van der Waals surface area contributed by atoms with Crippen LogP contribution in [0.15, 0.2) is 0 Å². The van der Waals surface area contributed by atoms with Crippen molar-refractivity contribution in [3.8, 4) is 0 Å². The average Bonchev–Trinajstić information content (AvgIpc) is 2.84. The quantitative estimate of drug-likeness (QED) is 0.512. The number of aliphatic hydroxyl groups is 1. The summed E-state index contributed by atoms with van der Waals surface area (Å²) >= 11 is 0. The van der Waals surface area contributed by atoms with Gasteiger partial charge in [-0.25, -0.2) is 0 Å². The molecule has 0 aliphatic heterocycles. The average molecular weight is 395 g/mol. The van der Waals surface area contributed by atoms with Crippen LogP contribution in [0.5, 0.6) is 0 Å². The summed E-state index contributed by atoms with van der Waals surface area (Å²) in [6.45, 7) is 14.9. The fourth-order valence-electron chi connectivity index (χ4n) is 6.14. The van der Waals surface area contributed by atoms with Gasteiger partial charge >= 0.3 is 0 Å². The van der Waals surface area contributed by atoms with Crippen molar-refractivity contribution in [3.05, 3.63) is 0 Å². The minimum atomic E-state index is -1.71. The van der Waals surface area contributed by atoms with E-state index < -0.39 is 13.9 Å². The highest BCUT2D eigenvalue weighted by molar-refractivity contribution is 6.74. The van der Waals surface area contributed by atoms with Crippen LogP contribution in [-0.4, -0.2) is 25.6 Å². The van der Waals surface area contributed by atoms with Gasteiger partial charge in [0.2, 0.25) is 0 Å². The van der Waals surface area contributed by atoms with Gasteiger partial charge in [0.25, 0.3) is 0 Å².